The zero-order valence-corrected chi connectivity index (χ0v) is 12.0. The molecule has 0 amide bonds. The molecule has 0 heterocycles. The van der Waals surface area contributed by atoms with Crippen LogP contribution in [0.2, 0.25) is 0 Å². The Hall–Kier alpha value is -0.710. The van der Waals surface area contributed by atoms with Crippen LogP contribution < -0.4 is 5.73 Å². The van der Waals surface area contributed by atoms with Crippen LogP contribution in [0.1, 0.15) is 17.2 Å². The molecule has 0 radical (unpaired) electrons. The van der Waals surface area contributed by atoms with E-state index in [-0.39, 0.29) is 5.82 Å². The predicted molar refractivity (Wildman–Crippen MR) is 74.3 cm³/mol. The van der Waals surface area contributed by atoms with E-state index in [0.717, 1.165) is 10.0 Å². The van der Waals surface area contributed by atoms with Gasteiger partial charge in [0, 0.05) is 14.5 Å². The van der Waals surface area contributed by atoms with Crippen molar-refractivity contribution in [1.29, 1.82) is 0 Å². The van der Waals surface area contributed by atoms with Crippen LogP contribution in [0.15, 0.2) is 51.4 Å². The molecule has 0 bridgehead atoms. The summed E-state index contributed by atoms with van der Waals surface area (Å²) >= 11 is 6.58. The Morgan fingerprint density at radius 3 is 2.12 bits per heavy atom. The van der Waals surface area contributed by atoms with Gasteiger partial charge in [0.25, 0.3) is 0 Å². The van der Waals surface area contributed by atoms with Gasteiger partial charge in [0.1, 0.15) is 5.82 Å². The Morgan fingerprint density at radius 2 is 1.53 bits per heavy atom. The molecule has 2 N–H and O–H groups in total. The van der Waals surface area contributed by atoms with Crippen LogP contribution in [-0.4, -0.2) is 0 Å². The molecule has 0 saturated heterocycles. The summed E-state index contributed by atoms with van der Waals surface area (Å²) < 4.78 is 15.4. The summed E-state index contributed by atoms with van der Waals surface area (Å²) in [6, 6.07) is 12.0. The minimum absolute atomic E-state index is 0.296. The first-order valence-corrected chi connectivity index (χ1v) is 6.62. The molecule has 2 aromatic carbocycles. The number of benzene rings is 2. The highest BCUT2D eigenvalue weighted by atomic mass is 79.9. The van der Waals surface area contributed by atoms with Gasteiger partial charge in [-0.1, -0.05) is 50.1 Å². The second-order valence-corrected chi connectivity index (χ2v) is 5.53. The van der Waals surface area contributed by atoms with Crippen LogP contribution >= 0.6 is 31.9 Å². The van der Waals surface area contributed by atoms with Gasteiger partial charge in [-0.3, -0.25) is 0 Å². The van der Waals surface area contributed by atoms with Crippen LogP contribution in [0.5, 0.6) is 0 Å². The first-order chi connectivity index (χ1) is 8.08. The van der Waals surface area contributed by atoms with Gasteiger partial charge in [0.15, 0.2) is 0 Å². The van der Waals surface area contributed by atoms with Crippen molar-refractivity contribution in [2.45, 2.75) is 6.04 Å². The van der Waals surface area contributed by atoms with Gasteiger partial charge in [0.05, 0.1) is 6.04 Å². The van der Waals surface area contributed by atoms with Gasteiger partial charge in [-0.05, 0) is 29.8 Å². The lowest BCUT2D eigenvalue weighted by molar-refractivity contribution is 0.599. The number of rotatable bonds is 2. The molecule has 2 rings (SSSR count). The minimum atomic E-state index is -0.448. The molecule has 0 fully saturated rings. The Kier molecular flexibility index (Phi) is 3.97. The third-order valence-electron chi connectivity index (χ3n) is 2.53. The van der Waals surface area contributed by atoms with Crippen molar-refractivity contribution < 1.29 is 4.39 Å². The van der Waals surface area contributed by atoms with E-state index in [4.69, 9.17) is 5.73 Å². The van der Waals surface area contributed by atoms with Crippen molar-refractivity contribution in [2.75, 3.05) is 0 Å². The average molecular weight is 359 g/mol. The Morgan fingerprint density at radius 1 is 0.941 bits per heavy atom. The van der Waals surface area contributed by atoms with E-state index in [1.165, 1.54) is 6.07 Å². The minimum Gasteiger partial charge on any atom is -0.320 e. The summed E-state index contributed by atoms with van der Waals surface area (Å²) in [5.41, 5.74) is 7.43. The SMILES string of the molecule is NC(c1ccc(Br)cc1)c1ccc(Br)cc1F. The van der Waals surface area contributed by atoms with Crippen LogP contribution in [0.4, 0.5) is 4.39 Å². The molecular formula is C13H10Br2FN. The highest BCUT2D eigenvalue weighted by Crippen LogP contribution is 2.25. The van der Waals surface area contributed by atoms with Crippen molar-refractivity contribution in [3.63, 3.8) is 0 Å². The van der Waals surface area contributed by atoms with Crippen molar-refractivity contribution in [3.05, 3.63) is 68.4 Å². The quantitative estimate of drug-likeness (QED) is 0.845. The largest absolute Gasteiger partial charge is 0.320 e. The predicted octanol–water partition coefficient (Wildman–Crippen LogP) is 4.40. The summed E-state index contributed by atoms with van der Waals surface area (Å²) in [5, 5.41) is 0. The average Bonchev–Trinajstić information content (AvgIpc) is 2.29. The molecule has 1 unspecified atom stereocenters. The van der Waals surface area contributed by atoms with E-state index >= 15 is 0 Å². The topological polar surface area (TPSA) is 26.0 Å². The molecule has 2 aromatic rings. The number of nitrogens with two attached hydrogens (primary N) is 1. The fraction of sp³-hybridized carbons (Fsp3) is 0.0769. The molecule has 0 aliphatic rings. The molecule has 0 aliphatic carbocycles. The molecule has 17 heavy (non-hydrogen) atoms. The van der Waals surface area contributed by atoms with Crippen molar-refractivity contribution >= 4 is 31.9 Å². The fourth-order valence-electron chi connectivity index (χ4n) is 1.60. The van der Waals surface area contributed by atoms with Crippen molar-refractivity contribution in [3.8, 4) is 0 Å². The second kappa shape index (κ2) is 5.29. The summed E-state index contributed by atoms with van der Waals surface area (Å²) in [6.07, 6.45) is 0. The van der Waals surface area contributed by atoms with Crippen molar-refractivity contribution in [1.82, 2.24) is 0 Å². The molecule has 0 aromatic heterocycles. The third kappa shape index (κ3) is 2.94. The smallest absolute Gasteiger partial charge is 0.129 e. The zero-order chi connectivity index (χ0) is 12.4. The zero-order valence-electron chi connectivity index (χ0n) is 8.83. The Labute approximate surface area is 116 Å². The van der Waals surface area contributed by atoms with Gasteiger partial charge < -0.3 is 5.73 Å². The highest BCUT2D eigenvalue weighted by Gasteiger charge is 2.13. The standard InChI is InChI=1S/C13H10Br2FN/c14-9-3-1-8(2-4-9)13(17)11-6-5-10(15)7-12(11)16/h1-7,13H,17H2. The molecule has 0 aliphatic heterocycles. The summed E-state index contributed by atoms with van der Waals surface area (Å²) in [4.78, 5) is 0. The monoisotopic (exact) mass is 357 g/mol. The first-order valence-electron chi connectivity index (χ1n) is 5.04. The third-order valence-corrected chi connectivity index (χ3v) is 3.55. The van der Waals surface area contributed by atoms with Gasteiger partial charge in [0.2, 0.25) is 0 Å². The number of hydrogen-bond acceptors (Lipinski definition) is 1. The summed E-state index contributed by atoms with van der Waals surface area (Å²) in [7, 11) is 0. The van der Waals surface area contributed by atoms with Gasteiger partial charge in [-0.2, -0.15) is 0 Å². The van der Waals surface area contributed by atoms with Gasteiger partial charge in [-0.15, -0.1) is 0 Å². The lowest BCUT2D eigenvalue weighted by Crippen LogP contribution is -2.13. The Bertz CT molecular complexity index is 525. The van der Waals surface area contributed by atoms with Gasteiger partial charge in [-0.25, -0.2) is 4.39 Å². The maximum Gasteiger partial charge on any atom is 0.129 e. The van der Waals surface area contributed by atoms with E-state index in [1.54, 1.807) is 12.1 Å². The van der Waals surface area contributed by atoms with Crippen LogP contribution in [0, 0.1) is 5.82 Å². The molecule has 4 heteroatoms. The van der Waals surface area contributed by atoms with Crippen LogP contribution in [0.3, 0.4) is 0 Å². The van der Waals surface area contributed by atoms with E-state index < -0.39 is 6.04 Å². The van der Waals surface area contributed by atoms with E-state index in [1.807, 2.05) is 24.3 Å². The molecule has 1 atom stereocenters. The lowest BCUT2D eigenvalue weighted by Gasteiger charge is -2.13. The van der Waals surface area contributed by atoms with Crippen molar-refractivity contribution in [2.24, 2.45) is 5.73 Å². The molecular weight excluding hydrogens is 349 g/mol. The van der Waals surface area contributed by atoms with Crippen LogP contribution in [-0.2, 0) is 0 Å². The molecule has 0 saturated carbocycles. The lowest BCUT2D eigenvalue weighted by atomic mass is 9.99. The molecule has 88 valence electrons. The number of hydrogen-bond donors (Lipinski definition) is 1. The fourth-order valence-corrected chi connectivity index (χ4v) is 2.20. The first kappa shape index (κ1) is 12.7. The van der Waals surface area contributed by atoms with E-state index in [9.17, 15) is 4.39 Å². The van der Waals surface area contributed by atoms with E-state index in [2.05, 4.69) is 31.9 Å². The van der Waals surface area contributed by atoms with Crippen LogP contribution in [0.25, 0.3) is 0 Å². The maximum atomic E-state index is 13.7. The van der Waals surface area contributed by atoms with Gasteiger partial charge >= 0.3 is 0 Å². The van der Waals surface area contributed by atoms with E-state index in [0.29, 0.717) is 10.0 Å². The normalized spacial score (nSPS) is 12.5. The molecule has 0 spiro atoms. The molecule has 1 nitrogen and oxygen atoms in total. The summed E-state index contributed by atoms with van der Waals surface area (Å²) in [5.74, 6) is -0.296. The number of halogens is 3. The second-order valence-electron chi connectivity index (χ2n) is 3.70. The highest BCUT2D eigenvalue weighted by molar-refractivity contribution is 9.10. The maximum absolute atomic E-state index is 13.7. The summed E-state index contributed by atoms with van der Waals surface area (Å²) in [6.45, 7) is 0. The Balaban J connectivity index is 2.36.